The van der Waals surface area contributed by atoms with Crippen molar-refractivity contribution in [1.82, 2.24) is 9.97 Å². The number of anilines is 1. The molecule has 0 atom stereocenters. The molecule has 0 bridgehead atoms. The summed E-state index contributed by atoms with van der Waals surface area (Å²) >= 11 is 0. The van der Waals surface area contributed by atoms with Crippen molar-refractivity contribution in [3.05, 3.63) is 12.4 Å². The molecule has 1 aromatic rings. The molecule has 1 aliphatic rings. The minimum absolute atomic E-state index is 0.0747. The van der Waals surface area contributed by atoms with Gasteiger partial charge in [0.05, 0.1) is 25.4 Å². The third kappa shape index (κ3) is 4.36. The first-order valence-electron chi connectivity index (χ1n) is 7.03. The largest absolute Gasteiger partial charge is 0.481 e. The van der Waals surface area contributed by atoms with Crippen LogP contribution in [0.1, 0.15) is 32.1 Å². The first-order chi connectivity index (χ1) is 9.65. The monoisotopic (exact) mass is 279 g/mol. The highest BCUT2D eigenvalue weighted by Crippen LogP contribution is 2.25. The van der Waals surface area contributed by atoms with E-state index in [9.17, 15) is 4.79 Å². The molecule has 6 nitrogen and oxygen atoms in total. The quantitative estimate of drug-likeness (QED) is 0.822. The fourth-order valence-corrected chi connectivity index (χ4v) is 2.35. The van der Waals surface area contributed by atoms with E-state index in [0.717, 1.165) is 0 Å². The lowest BCUT2D eigenvalue weighted by atomic mass is 10.1. The molecular weight excluding hydrogens is 258 g/mol. The standard InChI is InChI=1S/C14H21N3O3/c1-17(7-6-14(18)19)12-8-15-9-13(16-12)20-10-11-4-2-3-5-11/h8-9,11H,2-7,10H2,1H3,(H,18,19). The Morgan fingerprint density at radius 3 is 2.90 bits per heavy atom. The average Bonchev–Trinajstić information content (AvgIpc) is 2.96. The van der Waals surface area contributed by atoms with Gasteiger partial charge in [-0.25, -0.2) is 0 Å². The molecule has 0 spiro atoms. The number of hydrogen-bond donors (Lipinski definition) is 1. The van der Waals surface area contributed by atoms with E-state index in [0.29, 0.717) is 30.8 Å². The number of ether oxygens (including phenoxy) is 1. The number of aliphatic carboxylic acids is 1. The van der Waals surface area contributed by atoms with Crippen LogP contribution in [0.25, 0.3) is 0 Å². The zero-order valence-electron chi connectivity index (χ0n) is 11.8. The maximum absolute atomic E-state index is 10.6. The van der Waals surface area contributed by atoms with Crippen LogP contribution in [0.15, 0.2) is 12.4 Å². The molecule has 1 heterocycles. The molecule has 0 radical (unpaired) electrons. The van der Waals surface area contributed by atoms with Crippen molar-refractivity contribution < 1.29 is 14.6 Å². The molecule has 110 valence electrons. The van der Waals surface area contributed by atoms with E-state index < -0.39 is 5.97 Å². The summed E-state index contributed by atoms with van der Waals surface area (Å²) in [5.74, 6) is 0.954. The van der Waals surface area contributed by atoms with Gasteiger partial charge >= 0.3 is 5.97 Å². The first kappa shape index (κ1) is 14.6. The molecule has 0 unspecified atom stereocenters. The lowest BCUT2D eigenvalue weighted by molar-refractivity contribution is -0.136. The normalized spacial score (nSPS) is 15.2. The van der Waals surface area contributed by atoms with Crippen LogP contribution in [0.4, 0.5) is 5.82 Å². The Bertz CT molecular complexity index is 447. The van der Waals surface area contributed by atoms with Crippen LogP contribution < -0.4 is 9.64 Å². The molecule has 1 N–H and O–H groups in total. The number of carboxylic acid groups (broad SMARTS) is 1. The predicted octanol–water partition coefficient (Wildman–Crippen LogP) is 1.96. The van der Waals surface area contributed by atoms with Gasteiger partial charge in [0, 0.05) is 13.6 Å². The molecule has 1 fully saturated rings. The van der Waals surface area contributed by atoms with Gasteiger partial charge in [0.15, 0.2) is 5.82 Å². The number of rotatable bonds is 7. The van der Waals surface area contributed by atoms with Crippen molar-refractivity contribution >= 4 is 11.8 Å². The van der Waals surface area contributed by atoms with E-state index in [4.69, 9.17) is 9.84 Å². The molecule has 1 saturated carbocycles. The zero-order chi connectivity index (χ0) is 14.4. The van der Waals surface area contributed by atoms with Crippen LogP contribution in [-0.2, 0) is 4.79 Å². The van der Waals surface area contributed by atoms with Crippen LogP contribution in [0.3, 0.4) is 0 Å². The summed E-state index contributed by atoms with van der Waals surface area (Å²) in [7, 11) is 1.80. The summed E-state index contributed by atoms with van der Waals surface area (Å²) in [6.45, 7) is 1.09. The Morgan fingerprint density at radius 1 is 1.45 bits per heavy atom. The molecule has 1 aromatic heterocycles. The minimum Gasteiger partial charge on any atom is -0.481 e. The number of nitrogens with zero attached hydrogens (tertiary/aromatic N) is 3. The summed E-state index contributed by atoms with van der Waals surface area (Å²) in [5, 5.41) is 8.68. The number of hydrogen-bond acceptors (Lipinski definition) is 5. The first-order valence-corrected chi connectivity index (χ1v) is 7.03. The Labute approximate surface area is 118 Å². The number of aromatic nitrogens is 2. The van der Waals surface area contributed by atoms with Crippen molar-refractivity contribution in [2.75, 3.05) is 25.1 Å². The van der Waals surface area contributed by atoms with Gasteiger partial charge in [0.1, 0.15) is 0 Å². The lowest BCUT2D eigenvalue weighted by Crippen LogP contribution is -2.22. The Hall–Kier alpha value is -1.85. The maximum Gasteiger partial charge on any atom is 0.305 e. The second-order valence-corrected chi connectivity index (χ2v) is 5.24. The van der Waals surface area contributed by atoms with Crippen LogP contribution in [0, 0.1) is 5.92 Å². The van der Waals surface area contributed by atoms with Gasteiger partial charge in [0.25, 0.3) is 0 Å². The van der Waals surface area contributed by atoms with E-state index in [1.807, 2.05) is 0 Å². The van der Waals surface area contributed by atoms with E-state index in [2.05, 4.69) is 9.97 Å². The van der Waals surface area contributed by atoms with E-state index in [1.165, 1.54) is 25.7 Å². The molecule has 0 aliphatic heterocycles. The van der Waals surface area contributed by atoms with Crippen molar-refractivity contribution in [1.29, 1.82) is 0 Å². The molecule has 1 aliphatic carbocycles. The van der Waals surface area contributed by atoms with Gasteiger partial charge in [-0.3, -0.25) is 9.78 Å². The third-order valence-electron chi connectivity index (χ3n) is 3.59. The fourth-order valence-electron chi connectivity index (χ4n) is 2.35. The molecule has 0 saturated heterocycles. The summed E-state index contributed by atoms with van der Waals surface area (Å²) in [5.41, 5.74) is 0. The van der Waals surface area contributed by atoms with Gasteiger partial charge in [-0.15, -0.1) is 0 Å². The van der Waals surface area contributed by atoms with Gasteiger partial charge in [-0.2, -0.15) is 4.98 Å². The van der Waals surface area contributed by atoms with Crippen LogP contribution in [0.2, 0.25) is 0 Å². The molecule has 6 heteroatoms. The summed E-state index contributed by atoms with van der Waals surface area (Å²) in [6, 6.07) is 0. The van der Waals surface area contributed by atoms with Gasteiger partial charge < -0.3 is 14.7 Å². The molecule has 0 amide bonds. The smallest absolute Gasteiger partial charge is 0.305 e. The predicted molar refractivity (Wildman–Crippen MR) is 75.0 cm³/mol. The molecule has 20 heavy (non-hydrogen) atoms. The zero-order valence-corrected chi connectivity index (χ0v) is 11.8. The molecular formula is C14H21N3O3. The van der Waals surface area contributed by atoms with Gasteiger partial charge in [-0.1, -0.05) is 12.8 Å². The van der Waals surface area contributed by atoms with Crippen molar-refractivity contribution in [3.8, 4) is 5.88 Å². The third-order valence-corrected chi connectivity index (χ3v) is 3.59. The van der Waals surface area contributed by atoms with Crippen LogP contribution in [0.5, 0.6) is 5.88 Å². The van der Waals surface area contributed by atoms with E-state index in [1.54, 1.807) is 24.3 Å². The highest BCUT2D eigenvalue weighted by atomic mass is 16.5. The molecule has 2 rings (SSSR count). The maximum atomic E-state index is 10.6. The minimum atomic E-state index is -0.821. The second kappa shape index (κ2) is 7.07. The van der Waals surface area contributed by atoms with E-state index in [-0.39, 0.29) is 6.42 Å². The SMILES string of the molecule is CN(CCC(=O)O)c1cncc(OCC2CCCC2)n1. The Kier molecular flexibility index (Phi) is 5.15. The highest BCUT2D eigenvalue weighted by Gasteiger charge is 2.16. The summed E-state index contributed by atoms with van der Waals surface area (Å²) in [6.07, 6.45) is 8.33. The van der Waals surface area contributed by atoms with Crippen LogP contribution in [-0.4, -0.2) is 41.2 Å². The Morgan fingerprint density at radius 2 is 2.20 bits per heavy atom. The molecule has 0 aromatic carbocycles. The Balaban J connectivity index is 1.87. The van der Waals surface area contributed by atoms with Gasteiger partial charge in [0.2, 0.25) is 5.88 Å². The summed E-state index contributed by atoms with van der Waals surface area (Å²) < 4.78 is 5.69. The average molecular weight is 279 g/mol. The lowest BCUT2D eigenvalue weighted by Gasteiger charge is -2.17. The fraction of sp³-hybridized carbons (Fsp3) is 0.643. The summed E-state index contributed by atoms with van der Waals surface area (Å²) in [4.78, 5) is 20.8. The van der Waals surface area contributed by atoms with Crippen molar-refractivity contribution in [2.24, 2.45) is 5.92 Å². The number of carboxylic acids is 1. The van der Waals surface area contributed by atoms with Gasteiger partial charge in [-0.05, 0) is 18.8 Å². The number of carbonyl (C=O) groups is 1. The highest BCUT2D eigenvalue weighted by molar-refractivity contribution is 5.67. The van der Waals surface area contributed by atoms with Crippen LogP contribution >= 0.6 is 0 Å². The van der Waals surface area contributed by atoms with E-state index >= 15 is 0 Å². The van der Waals surface area contributed by atoms with Crippen molar-refractivity contribution in [3.63, 3.8) is 0 Å². The topological polar surface area (TPSA) is 75.6 Å². The van der Waals surface area contributed by atoms with Crippen molar-refractivity contribution in [2.45, 2.75) is 32.1 Å². The second-order valence-electron chi connectivity index (χ2n) is 5.24.